The van der Waals surface area contributed by atoms with Crippen LogP contribution in [0.25, 0.3) is 0 Å². The normalized spacial score (nSPS) is 10.1. The predicted octanol–water partition coefficient (Wildman–Crippen LogP) is 1.64. The summed E-state index contributed by atoms with van der Waals surface area (Å²) in [6.45, 7) is -0.0564. The molecule has 1 aromatic heterocycles. The first-order valence-electron chi connectivity index (χ1n) is 5.21. The minimum atomic E-state index is -0.275. The standard InChI is InChI=1S/C12H10BrN3O2/c13-9-2-1-3-10(6-9)15-11(17)7-16-8-14-5-4-12(16)18/h1-6,8H,7H2,(H,15,17). The Bertz CT molecular complexity index is 624. The number of hydrogen-bond donors (Lipinski definition) is 1. The van der Waals surface area contributed by atoms with E-state index < -0.39 is 0 Å². The van der Waals surface area contributed by atoms with Crippen molar-refractivity contribution < 1.29 is 4.79 Å². The highest BCUT2D eigenvalue weighted by Gasteiger charge is 2.04. The fraction of sp³-hybridized carbons (Fsp3) is 0.0833. The molecule has 1 amide bonds. The summed E-state index contributed by atoms with van der Waals surface area (Å²) in [6, 6.07) is 8.54. The number of nitrogens with zero attached hydrogens (tertiary/aromatic N) is 2. The number of benzene rings is 1. The number of rotatable bonds is 3. The van der Waals surface area contributed by atoms with Crippen molar-refractivity contribution in [1.29, 1.82) is 0 Å². The number of anilines is 1. The van der Waals surface area contributed by atoms with E-state index in [1.807, 2.05) is 12.1 Å². The van der Waals surface area contributed by atoms with Crippen molar-refractivity contribution in [3.8, 4) is 0 Å². The Labute approximate surface area is 112 Å². The highest BCUT2D eigenvalue weighted by atomic mass is 79.9. The van der Waals surface area contributed by atoms with E-state index in [-0.39, 0.29) is 18.0 Å². The van der Waals surface area contributed by atoms with Gasteiger partial charge in [-0.15, -0.1) is 0 Å². The zero-order chi connectivity index (χ0) is 13.0. The third-order valence-corrected chi connectivity index (χ3v) is 2.71. The Morgan fingerprint density at radius 1 is 1.39 bits per heavy atom. The molecule has 0 aliphatic heterocycles. The molecule has 0 saturated carbocycles. The lowest BCUT2D eigenvalue weighted by Gasteiger charge is -2.06. The monoisotopic (exact) mass is 307 g/mol. The number of aromatic nitrogens is 2. The van der Waals surface area contributed by atoms with Crippen LogP contribution >= 0.6 is 15.9 Å². The summed E-state index contributed by atoms with van der Waals surface area (Å²) in [5.74, 6) is -0.275. The van der Waals surface area contributed by atoms with Gasteiger partial charge in [0, 0.05) is 22.4 Å². The number of halogens is 1. The van der Waals surface area contributed by atoms with Crippen molar-refractivity contribution in [2.75, 3.05) is 5.32 Å². The first kappa shape index (κ1) is 12.5. The van der Waals surface area contributed by atoms with Gasteiger partial charge in [0.25, 0.3) is 5.56 Å². The van der Waals surface area contributed by atoms with Gasteiger partial charge in [0.05, 0.1) is 6.33 Å². The summed E-state index contributed by atoms with van der Waals surface area (Å²) in [5, 5.41) is 2.70. The van der Waals surface area contributed by atoms with Gasteiger partial charge >= 0.3 is 0 Å². The van der Waals surface area contributed by atoms with Crippen molar-refractivity contribution in [3.63, 3.8) is 0 Å². The van der Waals surface area contributed by atoms with Crippen LogP contribution in [0, 0.1) is 0 Å². The number of carbonyl (C=O) groups is 1. The molecule has 1 aromatic carbocycles. The van der Waals surface area contributed by atoms with E-state index in [9.17, 15) is 9.59 Å². The van der Waals surface area contributed by atoms with E-state index >= 15 is 0 Å². The van der Waals surface area contributed by atoms with E-state index in [0.29, 0.717) is 5.69 Å². The van der Waals surface area contributed by atoms with Crippen LogP contribution in [0.5, 0.6) is 0 Å². The Kier molecular flexibility index (Phi) is 3.88. The molecule has 6 heteroatoms. The number of nitrogens with one attached hydrogen (secondary N) is 1. The molecular formula is C12H10BrN3O2. The number of hydrogen-bond acceptors (Lipinski definition) is 3. The van der Waals surface area contributed by atoms with Gasteiger partial charge in [-0.1, -0.05) is 22.0 Å². The van der Waals surface area contributed by atoms with Crippen molar-refractivity contribution in [2.45, 2.75) is 6.54 Å². The van der Waals surface area contributed by atoms with Gasteiger partial charge in [-0.3, -0.25) is 14.2 Å². The van der Waals surface area contributed by atoms with Crippen molar-refractivity contribution in [3.05, 3.63) is 57.7 Å². The zero-order valence-electron chi connectivity index (χ0n) is 9.34. The molecule has 0 saturated heterocycles. The molecule has 2 aromatic rings. The van der Waals surface area contributed by atoms with Crippen LogP contribution < -0.4 is 10.9 Å². The second-order valence-electron chi connectivity index (χ2n) is 3.60. The largest absolute Gasteiger partial charge is 0.324 e. The van der Waals surface area contributed by atoms with E-state index in [1.54, 1.807) is 12.1 Å². The highest BCUT2D eigenvalue weighted by Crippen LogP contribution is 2.15. The van der Waals surface area contributed by atoms with E-state index in [4.69, 9.17) is 0 Å². The molecule has 0 spiro atoms. The van der Waals surface area contributed by atoms with Gasteiger partial charge in [-0.2, -0.15) is 0 Å². The van der Waals surface area contributed by atoms with Crippen LogP contribution in [0.1, 0.15) is 0 Å². The molecule has 0 bridgehead atoms. The van der Waals surface area contributed by atoms with Gasteiger partial charge in [-0.05, 0) is 18.2 Å². The SMILES string of the molecule is O=C(Cn1cnccc1=O)Nc1cccc(Br)c1. The van der Waals surface area contributed by atoms with Crippen LogP contribution in [0.4, 0.5) is 5.69 Å². The van der Waals surface area contributed by atoms with Crippen LogP contribution in [0.3, 0.4) is 0 Å². The van der Waals surface area contributed by atoms with Crippen LogP contribution in [0.2, 0.25) is 0 Å². The molecule has 0 unspecified atom stereocenters. The molecule has 2 rings (SSSR count). The first-order chi connectivity index (χ1) is 8.65. The van der Waals surface area contributed by atoms with Crippen LogP contribution in [0.15, 0.2) is 52.1 Å². The first-order valence-corrected chi connectivity index (χ1v) is 6.00. The van der Waals surface area contributed by atoms with E-state index in [2.05, 4.69) is 26.2 Å². The number of amides is 1. The lowest BCUT2D eigenvalue weighted by Crippen LogP contribution is -2.26. The Morgan fingerprint density at radius 3 is 2.94 bits per heavy atom. The molecule has 0 atom stereocenters. The lowest BCUT2D eigenvalue weighted by atomic mass is 10.3. The van der Waals surface area contributed by atoms with Crippen LogP contribution in [-0.2, 0) is 11.3 Å². The molecule has 1 heterocycles. The molecule has 1 N–H and O–H groups in total. The van der Waals surface area contributed by atoms with E-state index in [1.165, 1.54) is 23.2 Å². The van der Waals surface area contributed by atoms with Gasteiger partial charge in [-0.25, -0.2) is 4.98 Å². The van der Waals surface area contributed by atoms with Gasteiger partial charge in [0.15, 0.2) is 0 Å². The summed E-state index contributed by atoms with van der Waals surface area (Å²) in [5.41, 5.74) is 0.417. The molecule has 0 fully saturated rings. The molecule has 5 nitrogen and oxygen atoms in total. The topological polar surface area (TPSA) is 64.0 Å². The van der Waals surface area contributed by atoms with Gasteiger partial charge < -0.3 is 5.32 Å². The minimum absolute atomic E-state index is 0.0564. The number of carbonyl (C=O) groups excluding carboxylic acids is 1. The predicted molar refractivity (Wildman–Crippen MR) is 71.3 cm³/mol. The summed E-state index contributed by atoms with van der Waals surface area (Å²) in [4.78, 5) is 26.9. The quantitative estimate of drug-likeness (QED) is 0.937. The average molecular weight is 308 g/mol. The van der Waals surface area contributed by atoms with Crippen molar-refractivity contribution >= 4 is 27.5 Å². The molecular weight excluding hydrogens is 298 g/mol. The molecule has 92 valence electrons. The summed E-state index contributed by atoms with van der Waals surface area (Å²) >= 11 is 3.31. The maximum absolute atomic E-state index is 11.7. The van der Waals surface area contributed by atoms with Crippen molar-refractivity contribution in [1.82, 2.24) is 9.55 Å². The molecule has 18 heavy (non-hydrogen) atoms. The Morgan fingerprint density at radius 2 is 2.22 bits per heavy atom. The third kappa shape index (κ3) is 3.27. The van der Waals surface area contributed by atoms with E-state index in [0.717, 1.165) is 4.47 Å². The van der Waals surface area contributed by atoms with Crippen LogP contribution in [-0.4, -0.2) is 15.5 Å². The van der Waals surface area contributed by atoms with Gasteiger partial charge in [0.2, 0.25) is 5.91 Å². The third-order valence-electron chi connectivity index (χ3n) is 2.21. The molecule has 0 aliphatic rings. The summed E-state index contributed by atoms with van der Waals surface area (Å²) in [6.07, 6.45) is 2.73. The fourth-order valence-corrected chi connectivity index (χ4v) is 1.82. The molecule has 0 radical (unpaired) electrons. The Balaban J connectivity index is 2.06. The smallest absolute Gasteiger partial charge is 0.253 e. The second-order valence-corrected chi connectivity index (χ2v) is 4.52. The lowest BCUT2D eigenvalue weighted by molar-refractivity contribution is -0.116. The maximum Gasteiger partial charge on any atom is 0.253 e. The highest BCUT2D eigenvalue weighted by molar-refractivity contribution is 9.10. The zero-order valence-corrected chi connectivity index (χ0v) is 10.9. The second kappa shape index (κ2) is 5.59. The average Bonchev–Trinajstić information content (AvgIpc) is 2.32. The fourth-order valence-electron chi connectivity index (χ4n) is 1.42. The Hall–Kier alpha value is -1.95. The minimum Gasteiger partial charge on any atom is -0.324 e. The summed E-state index contributed by atoms with van der Waals surface area (Å²) < 4.78 is 2.12. The molecule has 0 aliphatic carbocycles. The summed E-state index contributed by atoms with van der Waals surface area (Å²) in [7, 11) is 0. The van der Waals surface area contributed by atoms with Crippen molar-refractivity contribution in [2.24, 2.45) is 0 Å². The maximum atomic E-state index is 11.7. The van der Waals surface area contributed by atoms with Gasteiger partial charge in [0.1, 0.15) is 6.54 Å².